The molecule has 0 atom stereocenters. The Morgan fingerprint density at radius 1 is 1.09 bits per heavy atom. The summed E-state index contributed by atoms with van der Waals surface area (Å²) in [4.78, 5) is 15.5. The van der Waals surface area contributed by atoms with Crippen LogP contribution in [0, 0.1) is 17.5 Å². The van der Waals surface area contributed by atoms with Gasteiger partial charge in [0.2, 0.25) is 0 Å². The number of aromatic amines is 1. The smallest absolute Gasteiger partial charge is 0.267 e. The van der Waals surface area contributed by atoms with Crippen molar-refractivity contribution in [2.75, 3.05) is 0 Å². The minimum Gasteiger partial charge on any atom is -0.267 e. The van der Waals surface area contributed by atoms with Gasteiger partial charge in [-0.25, -0.2) is 17.9 Å². The number of rotatable bonds is 2. The van der Waals surface area contributed by atoms with E-state index in [4.69, 9.17) is 0 Å². The van der Waals surface area contributed by atoms with Crippen LogP contribution in [0.4, 0.5) is 13.2 Å². The number of pyridine rings is 1. The molecule has 0 unspecified atom stereocenters. The van der Waals surface area contributed by atoms with Crippen molar-refractivity contribution in [1.29, 1.82) is 0 Å². The Labute approximate surface area is 130 Å². The Morgan fingerprint density at radius 3 is 2.59 bits per heavy atom. The second-order valence-electron chi connectivity index (χ2n) is 4.43. The van der Waals surface area contributed by atoms with Crippen molar-refractivity contribution in [2.45, 2.75) is 0 Å². The van der Waals surface area contributed by atoms with Crippen LogP contribution in [0.1, 0.15) is 0 Å². The van der Waals surface area contributed by atoms with Gasteiger partial charge in [0, 0.05) is 17.8 Å². The maximum atomic E-state index is 14.0. The Bertz CT molecular complexity index is 920. The van der Waals surface area contributed by atoms with Crippen molar-refractivity contribution in [3.05, 3.63) is 68.9 Å². The molecule has 0 aliphatic heterocycles. The molecule has 0 saturated heterocycles. The van der Waals surface area contributed by atoms with Crippen LogP contribution >= 0.6 is 15.9 Å². The molecule has 0 radical (unpaired) electrons. The Hall–Kier alpha value is -2.35. The highest BCUT2D eigenvalue weighted by Crippen LogP contribution is 2.29. The highest BCUT2D eigenvalue weighted by Gasteiger charge is 2.19. The molecule has 0 aliphatic rings. The van der Waals surface area contributed by atoms with Crippen LogP contribution in [0.15, 0.2) is 45.9 Å². The van der Waals surface area contributed by atoms with Gasteiger partial charge in [-0.1, -0.05) is 0 Å². The number of hydrogen-bond acceptors (Lipinski definition) is 2. The third-order valence-electron chi connectivity index (χ3n) is 2.97. The minimum atomic E-state index is -0.745. The molecular weight excluding hydrogens is 363 g/mol. The van der Waals surface area contributed by atoms with Crippen molar-refractivity contribution >= 4 is 15.9 Å². The van der Waals surface area contributed by atoms with Gasteiger partial charge in [-0.15, -0.1) is 0 Å². The molecular formula is C14H7BrF3N3O. The SMILES string of the molecule is O=c1[nH]n(-c2cc(F)ccc2F)c(-c2cncc(F)c2)c1Br. The summed E-state index contributed by atoms with van der Waals surface area (Å²) in [7, 11) is 0. The Balaban J connectivity index is 2.32. The molecule has 2 heterocycles. The highest BCUT2D eigenvalue weighted by atomic mass is 79.9. The highest BCUT2D eigenvalue weighted by molar-refractivity contribution is 9.10. The third-order valence-corrected chi connectivity index (χ3v) is 3.71. The predicted octanol–water partition coefficient (Wildman–Crippen LogP) is 3.41. The number of nitrogens with one attached hydrogen (secondary N) is 1. The van der Waals surface area contributed by atoms with Gasteiger partial charge in [0.05, 0.1) is 11.9 Å². The molecule has 3 aromatic rings. The molecule has 0 bridgehead atoms. The molecule has 1 aromatic carbocycles. The van der Waals surface area contributed by atoms with Gasteiger partial charge in [-0.2, -0.15) is 0 Å². The van der Waals surface area contributed by atoms with Crippen molar-refractivity contribution < 1.29 is 13.2 Å². The second kappa shape index (κ2) is 5.45. The molecule has 1 N–H and O–H groups in total. The van der Waals surface area contributed by atoms with Crippen molar-refractivity contribution in [3.63, 3.8) is 0 Å². The van der Waals surface area contributed by atoms with E-state index in [1.165, 1.54) is 6.20 Å². The van der Waals surface area contributed by atoms with Crippen LogP contribution in [0.25, 0.3) is 16.9 Å². The Kier molecular flexibility index (Phi) is 3.61. The molecule has 2 aromatic heterocycles. The number of aromatic nitrogens is 3. The van der Waals surface area contributed by atoms with Crippen molar-refractivity contribution in [3.8, 4) is 16.9 Å². The normalized spacial score (nSPS) is 10.9. The van der Waals surface area contributed by atoms with E-state index in [2.05, 4.69) is 26.0 Å². The monoisotopic (exact) mass is 369 g/mol. The lowest BCUT2D eigenvalue weighted by Crippen LogP contribution is -2.07. The van der Waals surface area contributed by atoms with Crippen LogP contribution in [-0.4, -0.2) is 14.8 Å². The molecule has 0 saturated carbocycles. The van der Waals surface area contributed by atoms with Crippen molar-refractivity contribution in [2.24, 2.45) is 0 Å². The summed E-state index contributed by atoms with van der Waals surface area (Å²) >= 11 is 3.07. The molecule has 3 rings (SSSR count). The molecule has 0 spiro atoms. The van der Waals surface area contributed by atoms with E-state index < -0.39 is 23.0 Å². The molecule has 112 valence electrons. The molecule has 0 aliphatic carbocycles. The number of benzene rings is 1. The number of hydrogen-bond donors (Lipinski definition) is 1. The lowest BCUT2D eigenvalue weighted by atomic mass is 10.2. The van der Waals surface area contributed by atoms with Gasteiger partial charge in [-0.05, 0) is 34.1 Å². The molecule has 22 heavy (non-hydrogen) atoms. The summed E-state index contributed by atoms with van der Waals surface area (Å²) in [5.74, 6) is -2.04. The zero-order valence-electron chi connectivity index (χ0n) is 10.8. The van der Waals surface area contributed by atoms with E-state index in [0.29, 0.717) is 0 Å². The van der Waals surface area contributed by atoms with Gasteiger partial charge in [-0.3, -0.25) is 14.9 Å². The van der Waals surface area contributed by atoms with Gasteiger partial charge >= 0.3 is 0 Å². The van der Waals surface area contributed by atoms with Crippen LogP contribution in [0.5, 0.6) is 0 Å². The molecule has 0 amide bonds. The van der Waals surface area contributed by atoms with E-state index in [1.807, 2.05) is 0 Å². The topological polar surface area (TPSA) is 50.7 Å². The first kappa shape index (κ1) is 14.6. The third kappa shape index (κ3) is 2.45. The first-order valence-electron chi connectivity index (χ1n) is 6.04. The van der Waals surface area contributed by atoms with Crippen LogP contribution in [0.3, 0.4) is 0 Å². The van der Waals surface area contributed by atoms with E-state index in [1.54, 1.807) is 0 Å². The van der Waals surface area contributed by atoms with Crippen LogP contribution in [-0.2, 0) is 0 Å². The summed E-state index contributed by atoms with van der Waals surface area (Å²) in [6, 6.07) is 3.95. The fourth-order valence-corrected chi connectivity index (χ4v) is 2.54. The van der Waals surface area contributed by atoms with Gasteiger partial charge in [0.1, 0.15) is 27.6 Å². The van der Waals surface area contributed by atoms with E-state index in [-0.39, 0.29) is 21.4 Å². The summed E-state index contributed by atoms with van der Waals surface area (Å²) < 4.78 is 41.8. The summed E-state index contributed by atoms with van der Waals surface area (Å²) in [5.41, 5.74) is -0.402. The summed E-state index contributed by atoms with van der Waals surface area (Å²) in [6.07, 6.45) is 2.30. The largest absolute Gasteiger partial charge is 0.279 e. The van der Waals surface area contributed by atoms with E-state index in [9.17, 15) is 18.0 Å². The lowest BCUT2D eigenvalue weighted by Gasteiger charge is -2.10. The van der Waals surface area contributed by atoms with Gasteiger partial charge in [0.25, 0.3) is 5.56 Å². The van der Waals surface area contributed by atoms with E-state index >= 15 is 0 Å². The Morgan fingerprint density at radius 2 is 1.86 bits per heavy atom. The zero-order chi connectivity index (χ0) is 15.9. The number of halogens is 4. The fraction of sp³-hybridized carbons (Fsp3) is 0. The quantitative estimate of drug-likeness (QED) is 0.752. The number of H-pyrrole nitrogens is 1. The second-order valence-corrected chi connectivity index (χ2v) is 5.22. The predicted molar refractivity (Wildman–Crippen MR) is 77.2 cm³/mol. The lowest BCUT2D eigenvalue weighted by molar-refractivity contribution is 0.587. The summed E-state index contributed by atoms with van der Waals surface area (Å²) in [5, 5.41) is 2.37. The fourth-order valence-electron chi connectivity index (χ4n) is 2.05. The zero-order valence-corrected chi connectivity index (χ0v) is 12.4. The summed E-state index contributed by atoms with van der Waals surface area (Å²) in [6.45, 7) is 0. The first-order chi connectivity index (χ1) is 10.5. The first-order valence-corrected chi connectivity index (χ1v) is 6.83. The van der Waals surface area contributed by atoms with Crippen LogP contribution in [0.2, 0.25) is 0 Å². The maximum absolute atomic E-state index is 14.0. The molecule has 0 fully saturated rings. The minimum absolute atomic E-state index is 0.0589. The molecule has 4 nitrogen and oxygen atoms in total. The van der Waals surface area contributed by atoms with Gasteiger partial charge < -0.3 is 0 Å². The van der Waals surface area contributed by atoms with Crippen molar-refractivity contribution in [1.82, 2.24) is 14.8 Å². The van der Waals surface area contributed by atoms with Crippen LogP contribution < -0.4 is 5.56 Å². The van der Waals surface area contributed by atoms with E-state index in [0.717, 1.165) is 35.1 Å². The van der Waals surface area contributed by atoms with Gasteiger partial charge in [0.15, 0.2) is 0 Å². The standard InChI is InChI=1S/C14H7BrF3N3O/c15-12-13(7-3-9(17)6-19-5-7)21(20-14(12)22)11-4-8(16)1-2-10(11)18/h1-6H,(H,20,22). The average Bonchev–Trinajstić information content (AvgIpc) is 2.77. The molecule has 8 heteroatoms. The number of nitrogens with zero attached hydrogens (tertiary/aromatic N) is 2. The average molecular weight is 370 g/mol. The maximum Gasteiger partial charge on any atom is 0.279 e.